The van der Waals surface area contributed by atoms with Gasteiger partial charge < -0.3 is 14.7 Å². The van der Waals surface area contributed by atoms with Crippen molar-refractivity contribution in [3.8, 4) is 11.5 Å². The average Bonchev–Trinajstić information content (AvgIpc) is 2.09. The van der Waals surface area contributed by atoms with Crippen LogP contribution < -0.4 is 4.74 Å². The van der Waals surface area contributed by atoms with E-state index in [0.717, 1.165) is 12.1 Å². The predicted octanol–water partition coefficient (Wildman–Crippen LogP) is 1.59. The molecule has 1 aromatic carbocycles. The monoisotopic (exact) mass is 199 g/mol. The van der Waals surface area contributed by atoms with Gasteiger partial charge in [0.15, 0.2) is 11.5 Å². The second kappa shape index (κ2) is 3.95. The van der Waals surface area contributed by atoms with Crippen LogP contribution in [0.2, 0.25) is 0 Å². The molecule has 0 fully saturated rings. The minimum Gasteiger partial charge on any atom is -0.504 e. The molecule has 0 heterocycles. The van der Waals surface area contributed by atoms with Crippen LogP contribution in [-0.4, -0.2) is 30.2 Å². The number of ether oxygens (including phenoxy) is 1. The third-order valence-corrected chi connectivity index (χ3v) is 1.48. The highest BCUT2D eigenvalue weighted by Crippen LogP contribution is 2.26. The number of benzene rings is 1. The maximum absolute atomic E-state index is 12.5. The highest BCUT2D eigenvalue weighted by atomic mass is 19.1. The van der Waals surface area contributed by atoms with E-state index in [1.54, 1.807) is 0 Å². The van der Waals surface area contributed by atoms with Gasteiger partial charge in [0.2, 0.25) is 0 Å². The maximum Gasteiger partial charge on any atom is 0.414 e. The van der Waals surface area contributed by atoms with Crippen molar-refractivity contribution in [3.05, 3.63) is 24.0 Å². The van der Waals surface area contributed by atoms with Crippen molar-refractivity contribution in [3.63, 3.8) is 0 Å². The van der Waals surface area contributed by atoms with Gasteiger partial charge in [0.1, 0.15) is 5.82 Å². The third kappa shape index (κ3) is 2.35. The van der Waals surface area contributed by atoms with Gasteiger partial charge in [-0.05, 0) is 12.1 Å². The molecule has 1 amide bonds. The first-order valence-corrected chi connectivity index (χ1v) is 3.88. The molecule has 1 aromatic rings. The van der Waals surface area contributed by atoms with Gasteiger partial charge in [-0.25, -0.2) is 9.18 Å². The number of rotatable bonds is 1. The molecular weight excluding hydrogens is 189 g/mol. The largest absolute Gasteiger partial charge is 0.504 e. The van der Waals surface area contributed by atoms with E-state index in [4.69, 9.17) is 4.74 Å². The molecule has 76 valence electrons. The van der Waals surface area contributed by atoms with Crippen LogP contribution in [0, 0.1) is 5.82 Å². The molecule has 0 saturated heterocycles. The molecule has 0 aliphatic rings. The first-order chi connectivity index (χ1) is 6.50. The first-order valence-electron chi connectivity index (χ1n) is 3.88. The maximum atomic E-state index is 12.5. The second-order valence-electron chi connectivity index (χ2n) is 2.87. The van der Waals surface area contributed by atoms with E-state index in [1.807, 2.05) is 0 Å². The Bertz CT molecular complexity index is 352. The molecule has 14 heavy (non-hydrogen) atoms. The molecule has 0 bridgehead atoms. The molecule has 0 aromatic heterocycles. The fourth-order valence-corrected chi connectivity index (χ4v) is 0.762. The van der Waals surface area contributed by atoms with Gasteiger partial charge in [-0.15, -0.1) is 0 Å². The summed E-state index contributed by atoms with van der Waals surface area (Å²) in [6.45, 7) is 0. The lowest BCUT2D eigenvalue weighted by molar-refractivity contribution is 0.170. The summed E-state index contributed by atoms with van der Waals surface area (Å²) in [4.78, 5) is 12.2. The number of aromatic hydroxyl groups is 1. The number of nitrogens with zero attached hydrogens (tertiary/aromatic N) is 1. The minimum atomic E-state index is -0.632. The Balaban J connectivity index is 2.82. The molecule has 0 saturated carbocycles. The van der Waals surface area contributed by atoms with Crippen molar-refractivity contribution in [1.29, 1.82) is 0 Å². The van der Waals surface area contributed by atoms with E-state index >= 15 is 0 Å². The summed E-state index contributed by atoms with van der Waals surface area (Å²) < 4.78 is 17.3. The van der Waals surface area contributed by atoms with Crippen molar-refractivity contribution in [1.82, 2.24) is 4.90 Å². The number of hydrogen-bond donors (Lipinski definition) is 1. The molecule has 0 radical (unpaired) electrons. The molecule has 0 unspecified atom stereocenters. The zero-order valence-corrected chi connectivity index (χ0v) is 7.82. The third-order valence-electron chi connectivity index (χ3n) is 1.48. The van der Waals surface area contributed by atoms with Crippen LogP contribution in [0.15, 0.2) is 18.2 Å². The second-order valence-corrected chi connectivity index (χ2v) is 2.87. The standard InChI is InChI=1S/C9H10FNO3/c1-11(2)9(13)14-8-4-3-6(10)5-7(8)12/h3-5,12H,1-2H3. The van der Waals surface area contributed by atoms with Gasteiger partial charge in [0.25, 0.3) is 0 Å². The van der Waals surface area contributed by atoms with Crippen LogP contribution in [-0.2, 0) is 0 Å². The van der Waals surface area contributed by atoms with E-state index in [9.17, 15) is 14.3 Å². The molecule has 0 atom stereocenters. The number of amides is 1. The molecule has 0 spiro atoms. The van der Waals surface area contributed by atoms with Gasteiger partial charge >= 0.3 is 6.09 Å². The summed E-state index contributed by atoms with van der Waals surface area (Å²) in [5.41, 5.74) is 0. The lowest BCUT2D eigenvalue weighted by Gasteiger charge is -2.11. The summed E-state index contributed by atoms with van der Waals surface area (Å²) in [5, 5.41) is 9.19. The summed E-state index contributed by atoms with van der Waals surface area (Å²) in [6, 6.07) is 3.16. The van der Waals surface area contributed by atoms with E-state index < -0.39 is 17.7 Å². The van der Waals surface area contributed by atoms with Gasteiger partial charge in [-0.1, -0.05) is 0 Å². The Morgan fingerprint density at radius 1 is 1.50 bits per heavy atom. The number of phenols is 1. The van der Waals surface area contributed by atoms with Crippen LogP contribution in [0.4, 0.5) is 9.18 Å². The van der Waals surface area contributed by atoms with Crippen molar-refractivity contribution in [2.24, 2.45) is 0 Å². The Morgan fingerprint density at radius 2 is 2.14 bits per heavy atom. The van der Waals surface area contributed by atoms with E-state index in [1.165, 1.54) is 25.1 Å². The van der Waals surface area contributed by atoms with Crippen LogP contribution in [0.3, 0.4) is 0 Å². The van der Waals surface area contributed by atoms with E-state index in [0.29, 0.717) is 0 Å². The quantitative estimate of drug-likeness (QED) is 0.747. The fourth-order valence-electron chi connectivity index (χ4n) is 0.762. The topological polar surface area (TPSA) is 49.8 Å². The van der Waals surface area contributed by atoms with Crippen molar-refractivity contribution >= 4 is 6.09 Å². The molecule has 4 nitrogen and oxygen atoms in total. The Labute approximate surface area is 80.5 Å². The van der Waals surface area contributed by atoms with Gasteiger partial charge in [-0.3, -0.25) is 0 Å². The van der Waals surface area contributed by atoms with Crippen molar-refractivity contribution < 1.29 is 19.0 Å². The molecule has 0 aliphatic carbocycles. The summed E-state index contributed by atoms with van der Waals surface area (Å²) >= 11 is 0. The van der Waals surface area contributed by atoms with E-state index in [2.05, 4.69) is 0 Å². The molecule has 1 N–H and O–H groups in total. The number of phenolic OH excluding ortho intramolecular Hbond substituents is 1. The van der Waals surface area contributed by atoms with Crippen LogP contribution >= 0.6 is 0 Å². The highest BCUT2D eigenvalue weighted by Gasteiger charge is 2.10. The van der Waals surface area contributed by atoms with Crippen LogP contribution in [0.5, 0.6) is 11.5 Å². The lowest BCUT2D eigenvalue weighted by atomic mass is 10.3. The Kier molecular flexibility index (Phi) is 2.91. The van der Waals surface area contributed by atoms with Crippen molar-refractivity contribution in [2.75, 3.05) is 14.1 Å². The number of carbonyl (C=O) groups excluding carboxylic acids is 1. The van der Waals surface area contributed by atoms with Gasteiger partial charge in [0.05, 0.1) is 0 Å². The van der Waals surface area contributed by atoms with Gasteiger partial charge in [-0.2, -0.15) is 0 Å². The number of carbonyl (C=O) groups is 1. The Hall–Kier alpha value is -1.78. The fraction of sp³-hybridized carbons (Fsp3) is 0.222. The molecule has 1 rings (SSSR count). The zero-order chi connectivity index (χ0) is 10.7. The average molecular weight is 199 g/mol. The summed E-state index contributed by atoms with van der Waals surface area (Å²) in [5.74, 6) is -1.06. The van der Waals surface area contributed by atoms with Crippen LogP contribution in [0.1, 0.15) is 0 Å². The van der Waals surface area contributed by atoms with Crippen molar-refractivity contribution in [2.45, 2.75) is 0 Å². The number of hydrogen-bond acceptors (Lipinski definition) is 3. The van der Waals surface area contributed by atoms with Gasteiger partial charge in [0, 0.05) is 20.2 Å². The molecule has 0 aliphatic heterocycles. The highest BCUT2D eigenvalue weighted by molar-refractivity contribution is 5.70. The molecular formula is C9H10FNO3. The predicted molar refractivity (Wildman–Crippen MR) is 47.8 cm³/mol. The van der Waals surface area contributed by atoms with Crippen LogP contribution in [0.25, 0.3) is 0 Å². The normalized spacial score (nSPS) is 9.64. The Morgan fingerprint density at radius 3 is 2.64 bits per heavy atom. The zero-order valence-electron chi connectivity index (χ0n) is 7.82. The summed E-state index contributed by atoms with van der Waals surface area (Å²) in [6.07, 6.45) is -0.632. The smallest absolute Gasteiger partial charge is 0.414 e. The molecule has 5 heteroatoms. The summed E-state index contributed by atoms with van der Waals surface area (Å²) in [7, 11) is 3.01. The number of halogens is 1. The SMILES string of the molecule is CN(C)C(=O)Oc1ccc(F)cc1O. The van der Waals surface area contributed by atoms with E-state index in [-0.39, 0.29) is 5.75 Å². The first kappa shape index (κ1) is 10.3. The minimum absolute atomic E-state index is 0.0647. The lowest BCUT2D eigenvalue weighted by Crippen LogP contribution is -2.25.